The predicted molar refractivity (Wildman–Crippen MR) is 86.0 cm³/mol. The van der Waals surface area contributed by atoms with E-state index in [1.807, 2.05) is 0 Å². The molecule has 2 amide bonds. The van der Waals surface area contributed by atoms with Crippen LogP contribution in [-0.2, 0) is 4.74 Å². The summed E-state index contributed by atoms with van der Waals surface area (Å²) in [7, 11) is 1.34. The molecule has 0 radical (unpaired) electrons. The summed E-state index contributed by atoms with van der Waals surface area (Å²) < 4.78 is 4.64. The Labute approximate surface area is 131 Å². The van der Waals surface area contributed by atoms with Gasteiger partial charge in [0.2, 0.25) is 0 Å². The third-order valence-electron chi connectivity index (χ3n) is 4.32. The quantitative estimate of drug-likeness (QED) is 0.836. The van der Waals surface area contributed by atoms with E-state index in [2.05, 4.69) is 22.3 Å². The molecule has 2 rings (SSSR count). The molecule has 1 aliphatic rings. The monoisotopic (exact) mass is 304 g/mol. The fraction of sp³-hybridized carbons (Fsp3) is 0.529. The number of carbonyl (C=O) groups excluding carboxylic acids is 2. The second-order valence-electron chi connectivity index (χ2n) is 5.79. The second-order valence-corrected chi connectivity index (χ2v) is 5.79. The van der Waals surface area contributed by atoms with Crippen LogP contribution in [0.15, 0.2) is 24.3 Å². The van der Waals surface area contributed by atoms with Gasteiger partial charge in [0.15, 0.2) is 0 Å². The minimum atomic E-state index is -0.385. The molecular weight excluding hydrogens is 280 g/mol. The van der Waals surface area contributed by atoms with E-state index < -0.39 is 0 Å². The number of nitrogens with one attached hydrogen (secondary N) is 2. The lowest BCUT2D eigenvalue weighted by Crippen LogP contribution is -2.40. The van der Waals surface area contributed by atoms with E-state index in [4.69, 9.17) is 0 Å². The summed E-state index contributed by atoms with van der Waals surface area (Å²) in [6.45, 7) is 2.23. The zero-order valence-corrected chi connectivity index (χ0v) is 13.2. The standard InChI is InChI=1S/C17H24N2O3/c1-3-12-4-8-14(9-5-12)18-17(21)19-15-10-6-13(7-11-15)16(20)22-2/h6-7,10-12,14H,3-5,8-9H2,1-2H3,(H2,18,19,21). The molecule has 0 heterocycles. The smallest absolute Gasteiger partial charge is 0.337 e. The predicted octanol–water partition coefficient (Wildman–Crippen LogP) is 3.56. The minimum absolute atomic E-state index is 0.189. The first-order valence-corrected chi connectivity index (χ1v) is 7.88. The topological polar surface area (TPSA) is 67.4 Å². The summed E-state index contributed by atoms with van der Waals surface area (Å²) in [6.07, 6.45) is 5.70. The summed E-state index contributed by atoms with van der Waals surface area (Å²) in [6, 6.07) is 6.73. The van der Waals surface area contributed by atoms with Crippen LogP contribution in [0.25, 0.3) is 0 Å². The van der Waals surface area contributed by atoms with Crippen LogP contribution >= 0.6 is 0 Å². The van der Waals surface area contributed by atoms with Crippen LogP contribution in [-0.4, -0.2) is 25.2 Å². The van der Waals surface area contributed by atoms with Gasteiger partial charge in [-0.25, -0.2) is 9.59 Å². The number of carbonyl (C=O) groups is 2. The highest BCUT2D eigenvalue weighted by molar-refractivity contribution is 5.92. The molecule has 0 atom stereocenters. The highest BCUT2D eigenvalue weighted by Crippen LogP contribution is 2.26. The Morgan fingerprint density at radius 3 is 2.32 bits per heavy atom. The molecule has 1 aromatic rings. The number of urea groups is 1. The van der Waals surface area contributed by atoms with E-state index in [1.54, 1.807) is 24.3 Å². The molecule has 1 saturated carbocycles. The maximum atomic E-state index is 12.0. The van der Waals surface area contributed by atoms with Crippen molar-refractivity contribution in [1.82, 2.24) is 5.32 Å². The fourth-order valence-electron chi connectivity index (χ4n) is 2.88. The minimum Gasteiger partial charge on any atom is -0.465 e. The van der Waals surface area contributed by atoms with Gasteiger partial charge in [0.25, 0.3) is 0 Å². The van der Waals surface area contributed by atoms with E-state index in [0.29, 0.717) is 11.3 Å². The van der Waals surface area contributed by atoms with E-state index in [-0.39, 0.29) is 18.0 Å². The average Bonchev–Trinajstić information content (AvgIpc) is 2.55. The molecule has 5 nitrogen and oxygen atoms in total. The zero-order valence-electron chi connectivity index (χ0n) is 13.2. The maximum Gasteiger partial charge on any atom is 0.337 e. The van der Waals surface area contributed by atoms with Crippen molar-refractivity contribution < 1.29 is 14.3 Å². The average molecular weight is 304 g/mol. The largest absolute Gasteiger partial charge is 0.465 e. The molecule has 120 valence electrons. The molecule has 0 aromatic heterocycles. The van der Waals surface area contributed by atoms with Crippen LogP contribution < -0.4 is 10.6 Å². The van der Waals surface area contributed by atoms with E-state index >= 15 is 0 Å². The Bertz CT molecular complexity index is 505. The molecular formula is C17H24N2O3. The van der Waals surface area contributed by atoms with Gasteiger partial charge in [0, 0.05) is 11.7 Å². The first-order chi connectivity index (χ1) is 10.6. The first-order valence-electron chi connectivity index (χ1n) is 7.88. The lowest BCUT2D eigenvalue weighted by Gasteiger charge is -2.28. The van der Waals surface area contributed by atoms with E-state index in [0.717, 1.165) is 18.8 Å². The Morgan fingerprint density at radius 2 is 1.77 bits per heavy atom. The molecule has 1 aliphatic carbocycles. The summed E-state index contributed by atoms with van der Waals surface area (Å²) in [4.78, 5) is 23.3. The Balaban J connectivity index is 1.81. The molecule has 1 aromatic carbocycles. The van der Waals surface area contributed by atoms with Gasteiger partial charge in [0.05, 0.1) is 12.7 Å². The summed E-state index contributed by atoms with van der Waals surface area (Å²) in [5.41, 5.74) is 1.12. The molecule has 1 fully saturated rings. The van der Waals surface area contributed by atoms with Gasteiger partial charge < -0.3 is 15.4 Å². The number of anilines is 1. The van der Waals surface area contributed by atoms with Crippen LogP contribution in [0.2, 0.25) is 0 Å². The maximum absolute atomic E-state index is 12.0. The third-order valence-corrected chi connectivity index (χ3v) is 4.32. The molecule has 0 aliphatic heterocycles. The highest BCUT2D eigenvalue weighted by atomic mass is 16.5. The van der Waals surface area contributed by atoms with Crippen molar-refractivity contribution in [1.29, 1.82) is 0 Å². The lowest BCUT2D eigenvalue weighted by molar-refractivity contribution is 0.0601. The van der Waals surface area contributed by atoms with Crippen LogP contribution in [0.5, 0.6) is 0 Å². The number of benzene rings is 1. The molecule has 0 unspecified atom stereocenters. The number of methoxy groups -OCH3 is 1. The number of hydrogen-bond acceptors (Lipinski definition) is 3. The SMILES string of the molecule is CCC1CCC(NC(=O)Nc2ccc(C(=O)OC)cc2)CC1. The molecule has 22 heavy (non-hydrogen) atoms. The van der Waals surface area contributed by atoms with Crippen molar-refractivity contribution >= 4 is 17.7 Å². The van der Waals surface area contributed by atoms with E-state index in [9.17, 15) is 9.59 Å². The number of ether oxygens (including phenoxy) is 1. The van der Waals surface area contributed by atoms with Crippen molar-refractivity contribution in [3.05, 3.63) is 29.8 Å². The highest BCUT2D eigenvalue weighted by Gasteiger charge is 2.21. The second kappa shape index (κ2) is 7.82. The van der Waals surface area contributed by atoms with Crippen LogP contribution in [0.3, 0.4) is 0 Å². The molecule has 0 bridgehead atoms. The van der Waals surface area contributed by atoms with Gasteiger partial charge in [-0.3, -0.25) is 0 Å². The van der Waals surface area contributed by atoms with Gasteiger partial charge >= 0.3 is 12.0 Å². The zero-order chi connectivity index (χ0) is 15.9. The van der Waals surface area contributed by atoms with Crippen molar-refractivity contribution in [2.24, 2.45) is 5.92 Å². The molecule has 0 spiro atoms. The normalized spacial score (nSPS) is 21.0. The fourth-order valence-corrected chi connectivity index (χ4v) is 2.88. The van der Waals surface area contributed by atoms with Gasteiger partial charge in [-0.2, -0.15) is 0 Å². The van der Waals surface area contributed by atoms with Gasteiger partial charge in [-0.1, -0.05) is 13.3 Å². The Hall–Kier alpha value is -2.04. The number of rotatable bonds is 4. The van der Waals surface area contributed by atoms with Crippen molar-refractivity contribution in [3.8, 4) is 0 Å². The van der Waals surface area contributed by atoms with Gasteiger partial charge in [-0.05, 0) is 55.9 Å². The first kappa shape index (κ1) is 16.3. The Kier molecular flexibility index (Phi) is 5.81. The van der Waals surface area contributed by atoms with Crippen LogP contribution in [0.1, 0.15) is 49.4 Å². The van der Waals surface area contributed by atoms with Crippen molar-refractivity contribution in [3.63, 3.8) is 0 Å². The van der Waals surface area contributed by atoms with Gasteiger partial charge in [-0.15, -0.1) is 0 Å². The molecule has 2 N–H and O–H groups in total. The molecule has 5 heteroatoms. The van der Waals surface area contributed by atoms with Crippen LogP contribution in [0, 0.1) is 5.92 Å². The van der Waals surface area contributed by atoms with Gasteiger partial charge in [0.1, 0.15) is 0 Å². The van der Waals surface area contributed by atoms with Crippen molar-refractivity contribution in [2.75, 3.05) is 12.4 Å². The summed E-state index contributed by atoms with van der Waals surface area (Å²) in [5.74, 6) is 0.427. The third kappa shape index (κ3) is 4.48. The summed E-state index contributed by atoms with van der Waals surface area (Å²) in [5, 5.41) is 5.82. The lowest BCUT2D eigenvalue weighted by atomic mass is 9.85. The molecule has 0 saturated heterocycles. The van der Waals surface area contributed by atoms with E-state index in [1.165, 1.54) is 26.4 Å². The number of hydrogen-bond donors (Lipinski definition) is 2. The Morgan fingerprint density at radius 1 is 1.14 bits per heavy atom. The summed E-state index contributed by atoms with van der Waals surface area (Å²) >= 11 is 0. The van der Waals surface area contributed by atoms with Crippen LogP contribution in [0.4, 0.5) is 10.5 Å². The number of esters is 1. The van der Waals surface area contributed by atoms with Crippen molar-refractivity contribution in [2.45, 2.75) is 45.1 Å². The number of amides is 2.